The van der Waals surface area contributed by atoms with Gasteiger partial charge in [0, 0.05) is 18.2 Å². The summed E-state index contributed by atoms with van der Waals surface area (Å²) in [4.78, 5) is 13.8. The predicted octanol–water partition coefficient (Wildman–Crippen LogP) is 7.60. The Morgan fingerprint density at radius 3 is 2.22 bits per heavy atom. The van der Waals surface area contributed by atoms with Crippen LogP contribution in [0, 0.1) is 26.6 Å². The molecule has 0 spiro atoms. The minimum Gasteiger partial charge on any atom is -0.491 e. The standard InChI is InChI=1S/C22H26FNO3.C7H8.C2H6/c1-5-10-26-11-12-27-22-9-6-16(2)13-19(22)15-24(18(4)25)21-14-20(23)8-7-17(21)3;1-7-5-3-2-4-6-7;1-2/h5-9,13-14H,1,10-12,15H2,2-4H3;2-6H,1H3;1-2H3. The number of carbonyl (C=O) groups is 1. The molecule has 0 fully saturated rings. The van der Waals surface area contributed by atoms with Crippen molar-refractivity contribution < 1.29 is 18.7 Å². The number of nitrogens with zero attached hydrogens (tertiary/aromatic N) is 1. The molecule has 0 atom stereocenters. The van der Waals surface area contributed by atoms with E-state index in [1.165, 1.54) is 24.6 Å². The van der Waals surface area contributed by atoms with Crippen molar-refractivity contribution in [3.63, 3.8) is 0 Å². The lowest BCUT2D eigenvalue weighted by Crippen LogP contribution is -2.29. The van der Waals surface area contributed by atoms with E-state index in [1.807, 2.05) is 64.1 Å². The molecule has 3 aromatic rings. The van der Waals surface area contributed by atoms with Crippen LogP contribution in [0.15, 0.2) is 79.4 Å². The first kappa shape index (κ1) is 30.6. The minimum atomic E-state index is -0.373. The molecule has 3 rings (SSSR count). The second-order valence-electron chi connectivity index (χ2n) is 8.01. The van der Waals surface area contributed by atoms with Gasteiger partial charge in [-0.25, -0.2) is 4.39 Å². The van der Waals surface area contributed by atoms with Crippen molar-refractivity contribution in [2.24, 2.45) is 0 Å². The van der Waals surface area contributed by atoms with Crippen molar-refractivity contribution in [3.05, 3.63) is 107 Å². The number of hydrogen-bond donors (Lipinski definition) is 0. The maximum absolute atomic E-state index is 13.7. The van der Waals surface area contributed by atoms with Gasteiger partial charge in [0.2, 0.25) is 5.91 Å². The number of carbonyl (C=O) groups excluding carboxylic acids is 1. The zero-order chi connectivity index (χ0) is 26.9. The van der Waals surface area contributed by atoms with E-state index in [0.717, 1.165) is 16.7 Å². The fourth-order valence-electron chi connectivity index (χ4n) is 3.29. The maximum Gasteiger partial charge on any atom is 0.224 e. The number of halogens is 1. The third-order valence-electron chi connectivity index (χ3n) is 5.05. The Morgan fingerprint density at radius 2 is 1.64 bits per heavy atom. The zero-order valence-electron chi connectivity index (χ0n) is 22.5. The number of hydrogen-bond acceptors (Lipinski definition) is 3. The van der Waals surface area contributed by atoms with Gasteiger partial charge in [-0.05, 0) is 44.5 Å². The maximum atomic E-state index is 13.7. The van der Waals surface area contributed by atoms with E-state index < -0.39 is 0 Å². The average Bonchev–Trinajstić information content (AvgIpc) is 2.87. The molecule has 0 saturated carbocycles. The number of amides is 1. The summed E-state index contributed by atoms with van der Waals surface area (Å²) in [5.41, 5.74) is 4.63. The molecule has 0 heterocycles. The van der Waals surface area contributed by atoms with Gasteiger partial charge in [0.05, 0.1) is 19.8 Å². The molecule has 5 heteroatoms. The molecule has 0 aliphatic carbocycles. The molecule has 0 unspecified atom stereocenters. The number of anilines is 1. The SMILES string of the molecule is C=CCOCCOc1ccc(C)cc1CN(C(C)=O)c1cc(F)ccc1C.CC.Cc1ccccc1. The largest absolute Gasteiger partial charge is 0.491 e. The lowest BCUT2D eigenvalue weighted by atomic mass is 10.1. The molecule has 0 bridgehead atoms. The fourth-order valence-corrected chi connectivity index (χ4v) is 3.29. The molecule has 0 aromatic heterocycles. The van der Waals surface area contributed by atoms with Gasteiger partial charge in [-0.3, -0.25) is 4.79 Å². The Bertz CT molecular complexity index is 1070. The molecule has 0 aliphatic heterocycles. The van der Waals surface area contributed by atoms with Crippen LogP contribution in [0.3, 0.4) is 0 Å². The van der Waals surface area contributed by atoms with Crippen LogP contribution in [0.5, 0.6) is 5.75 Å². The van der Waals surface area contributed by atoms with Gasteiger partial charge in [-0.15, -0.1) is 6.58 Å². The quantitative estimate of drug-likeness (QED) is 0.228. The summed E-state index contributed by atoms with van der Waals surface area (Å²) < 4.78 is 24.9. The Kier molecular flexibility index (Phi) is 14.5. The first-order valence-electron chi connectivity index (χ1n) is 12.3. The molecule has 1 amide bonds. The molecule has 3 aromatic carbocycles. The van der Waals surface area contributed by atoms with Crippen LogP contribution in [-0.4, -0.2) is 25.7 Å². The van der Waals surface area contributed by atoms with Gasteiger partial charge in [0.25, 0.3) is 0 Å². The van der Waals surface area contributed by atoms with Crippen molar-refractivity contribution in [2.45, 2.75) is 48.1 Å². The predicted molar refractivity (Wildman–Crippen MR) is 148 cm³/mol. The summed E-state index contributed by atoms with van der Waals surface area (Å²) in [6, 6.07) is 20.5. The van der Waals surface area contributed by atoms with Crippen molar-refractivity contribution >= 4 is 11.6 Å². The monoisotopic (exact) mass is 493 g/mol. The molecule has 0 saturated heterocycles. The lowest BCUT2D eigenvalue weighted by molar-refractivity contribution is -0.116. The van der Waals surface area contributed by atoms with Crippen LogP contribution in [-0.2, 0) is 16.1 Å². The summed E-state index contributed by atoms with van der Waals surface area (Å²) in [7, 11) is 0. The molecule has 194 valence electrons. The minimum absolute atomic E-state index is 0.162. The molecular formula is C31H40FNO3. The highest BCUT2D eigenvalue weighted by Gasteiger charge is 2.17. The summed E-state index contributed by atoms with van der Waals surface area (Å²) in [5, 5.41) is 0. The normalized spacial score (nSPS) is 9.75. The Labute approximate surface area is 216 Å². The molecule has 36 heavy (non-hydrogen) atoms. The van der Waals surface area contributed by atoms with Crippen LogP contribution < -0.4 is 9.64 Å². The van der Waals surface area contributed by atoms with Gasteiger partial charge in [0.1, 0.15) is 18.2 Å². The van der Waals surface area contributed by atoms with Gasteiger partial charge in [0.15, 0.2) is 0 Å². The van der Waals surface area contributed by atoms with Crippen LogP contribution in [0.2, 0.25) is 0 Å². The number of aryl methyl sites for hydroxylation is 3. The van der Waals surface area contributed by atoms with E-state index >= 15 is 0 Å². The van der Waals surface area contributed by atoms with E-state index in [9.17, 15) is 9.18 Å². The molecule has 0 radical (unpaired) electrons. The number of ether oxygens (including phenoxy) is 2. The first-order chi connectivity index (χ1) is 17.3. The van der Waals surface area contributed by atoms with Crippen molar-refractivity contribution in [2.75, 3.05) is 24.7 Å². The third kappa shape index (κ3) is 10.9. The average molecular weight is 494 g/mol. The molecule has 0 aliphatic rings. The summed E-state index contributed by atoms with van der Waals surface area (Å²) in [6.45, 7) is 16.6. The van der Waals surface area contributed by atoms with E-state index in [4.69, 9.17) is 9.47 Å². The molecular weight excluding hydrogens is 453 g/mol. The highest BCUT2D eigenvalue weighted by atomic mass is 19.1. The summed E-state index contributed by atoms with van der Waals surface area (Å²) in [6.07, 6.45) is 1.68. The van der Waals surface area contributed by atoms with Gasteiger partial charge >= 0.3 is 0 Å². The van der Waals surface area contributed by atoms with Gasteiger partial charge in [-0.2, -0.15) is 0 Å². The van der Waals surface area contributed by atoms with E-state index in [0.29, 0.717) is 37.8 Å². The Morgan fingerprint density at radius 1 is 0.944 bits per heavy atom. The van der Waals surface area contributed by atoms with Gasteiger partial charge in [-0.1, -0.05) is 79.6 Å². The van der Waals surface area contributed by atoms with Crippen LogP contribution in [0.1, 0.15) is 43.0 Å². The zero-order valence-corrected chi connectivity index (χ0v) is 22.5. The smallest absolute Gasteiger partial charge is 0.224 e. The van der Waals surface area contributed by atoms with E-state index in [1.54, 1.807) is 17.0 Å². The highest BCUT2D eigenvalue weighted by Crippen LogP contribution is 2.27. The molecule has 4 nitrogen and oxygen atoms in total. The summed E-state index contributed by atoms with van der Waals surface area (Å²) >= 11 is 0. The lowest BCUT2D eigenvalue weighted by Gasteiger charge is -2.25. The van der Waals surface area contributed by atoms with E-state index in [-0.39, 0.29) is 11.7 Å². The number of rotatable bonds is 9. The third-order valence-corrected chi connectivity index (χ3v) is 5.05. The van der Waals surface area contributed by atoms with Crippen molar-refractivity contribution in [1.82, 2.24) is 0 Å². The van der Waals surface area contributed by atoms with Crippen LogP contribution >= 0.6 is 0 Å². The Balaban J connectivity index is 0.000000609. The second kappa shape index (κ2) is 17.1. The van der Waals surface area contributed by atoms with Crippen LogP contribution in [0.4, 0.5) is 10.1 Å². The Hall–Kier alpha value is -3.44. The first-order valence-corrected chi connectivity index (χ1v) is 12.3. The van der Waals surface area contributed by atoms with Crippen molar-refractivity contribution in [1.29, 1.82) is 0 Å². The van der Waals surface area contributed by atoms with Gasteiger partial charge < -0.3 is 14.4 Å². The number of benzene rings is 3. The van der Waals surface area contributed by atoms with Crippen LogP contribution in [0.25, 0.3) is 0 Å². The molecule has 0 N–H and O–H groups in total. The summed E-state index contributed by atoms with van der Waals surface area (Å²) in [5.74, 6) is 0.149. The highest BCUT2D eigenvalue weighted by molar-refractivity contribution is 5.92. The van der Waals surface area contributed by atoms with Crippen molar-refractivity contribution in [3.8, 4) is 5.75 Å². The van der Waals surface area contributed by atoms with E-state index in [2.05, 4.69) is 25.6 Å². The fraction of sp³-hybridized carbons (Fsp3) is 0.323. The second-order valence-corrected chi connectivity index (χ2v) is 8.01. The topological polar surface area (TPSA) is 38.8 Å².